The maximum Gasteiger partial charge on any atom is 0.410 e. The average molecular weight is 467 g/mol. The van der Waals surface area contributed by atoms with Gasteiger partial charge in [0.25, 0.3) is 11.8 Å². The maximum absolute atomic E-state index is 13.1. The fraction of sp³-hybridized carbons (Fsp3) is 0.500. The highest BCUT2D eigenvalue weighted by molar-refractivity contribution is 6.04. The summed E-state index contributed by atoms with van der Waals surface area (Å²) in [5.74, 6) is -0.209. The number of likely N-dealkylation sites (tertiary alicyclic amines) is 2. The number of rotatable bonds is 4. The summed E-state index contributed by atoms with van der Waals surface area (Å²) in [6.45, 7) is 8.32. The van der Waals surface area contributed by atoms with Gasteiger partial charge in [0.05, 0.1) is 0 Å². The second-order valence-corrected chi connectivity index (χ2v) is 10.0. The lowest BCUT2D eigenvalue weighted by molar-refractivity contribution is 0.0187. The summed E-state index contributed by atoms with van der Waals surface area (Å²) in [4.78, 5) is 41.7. The SMILES string of the molecule is CC(C)(C)OC(=O)N1CCC(n2cccc2C(=O)Nc2cccc(C(=O)N3CCCC3)c2)CC1. The van der Waals surface area contributed by atoms with Crippen molar-refractivity contribution in [1.29, 1.82) is 0 Å². The summed E-state index contributed by atoms with van der Waals surface area (Å²) >= 11 is 0. The summed E-state index contributed by atoms with van der Waals surface area (Å²) in [5, 5.41) is 2.95. The Morgan fingerprint density at radius 3 is 2.32 bits per heavy atom. The molecule has 8 nitrogen and oxygen atoms in total. The second kappa shape index (κ2) is 9.91. The molecule has 1 aromatic carbocycles. The van der Waals surface area contributed by atoms with Gasteiger partial charge >= 0.3 is 6.09 Å². The number of anilines is 1. The van der Waals surface area contributed by atoms with E-state index in [0.29, 0.717) is 30.0 Å². The monoisotopic (exact) mass is 466 g/mol. The predicted octanol–water partition coefficient (Wildman–Crippen LogP) is 4.55. The van der Waals surface area contributed by atoms with Gasteiger partial charge in [0, 0.05) is 49.7 Å². The van der Waals surface area contributed by atoms with Crippen LogP contribution in [0.3, 0.4) is 0 Å². The van der Waals surface area contributed by atoms with E-state index in [2.05, 4.69) is 5.32 Å². The van der Waals surface area contributed by atoms with Gasteiger partial charge in [-0.1, -0.05) is 6.07 Å². The molecule has 4 rings (SSSR count). The lowest BCUT2D eigenvalue weighted by Crippen LogP contribution is -2.42. The van der Waals surface area contributed by atoms with Crippen molar-refractivity contribution in [2.24, 2.45) is 0 Å². The Hall–Kier alpha value is -3.29. The standard InChI is InChI=1S/C26H34N4O4/c1-26(2,3)34-25(33)29-16-11-21(12-17-29)30-15-7-10-22(30)23(31)27-20-9-6-8-19(18-20)24(32)28-13-4-5-14-28/h6-10,15,18,21H,4-5,11-14,16-17H2,1-3H3,(H,27,31). The van der Waals surface area contributed by atoms with Gasteiger partial charge in [-0.2, -0.15) is 0 Å². The highest BCUT2D eigenvalue weighted by Crippen LogP contribution is 2.26. The summed E-state index contributed by atoms with van der Waals surface area (Å²) in [7, 11) is 0. The van der Waals surface area contributed by atoms with Crippen LogP contribution in [0.2, 0.25) is 0 Å². The molecule has 0 unspecified atom stereocenters. The van der Waals surface area contributed by atoms with Crippen LogP contribution in [-0.4, -0.2) is 64.1 Å². The van der Waals surface area contributed by atoms with Crippen molar-refractivity contribution >= 4 is 23.6 Å². The van der Waals surface area contributed by atoms with E-state index in [1.807, 2.05) is 42.5 Å². The third-order valence-corrected chi connectivity index (χ3v) is 6.28. The molecule has 1 N–H and O–H groups in total. The highest BCUT2D eigenvalue weighted by atomic mass is 16.6. The number of amides is 3. The molecule has 0 aliphatic carbocycles. The van der Waals surface area contributed by atoms with Crippen LogP contribution in [0.15, 0.2) is 42.6 Å². The third kappa shape index (κ3) is 5.61. The molecule has 0 radical (unpaired) electrons. The lowest BCUT2D eigenvalue weighted by Gasteiger charge is -2.34. The van der Waals surface area contributed by atoms with Gasteiger partial charge in [0.1, 0.15) is 11.3 Å². The first kappa shape index (κ1) is 23.9. The van der Waals surface area contributed by atoms with Crippen LogP contribution in [0.4, 0.5) is 10.5 Å². The van der Waals surface area contributed by atoms with Crippen molar-refractivity contribution < 1.29 is 19.1 Å². The maximum atomic E-state index is 13.1. The molecule has 2 aliphatic heterocycles. The van der Waals surface area contributed by atoms with Crippen LogP contribution < -0.4 is 5.32 Å². The average Bonchev–Trinajstić information content (AvgIpc) is 3.50. The van der Waals surface area contributed by atoms with Gasteiger partial charge in [-0.15, -0.1) is 0 Å². The van der Waals surface area contributed by atoms with Crippen LogP contribution in [-0.2, 0) is 4.74 Å². The second-order valence-electron chi connectivity index (χ2n) is 10.0. The van der Waals surface area contributed by atoms with Crippen LogP contribution in [0, 0.1) is 0 Å². The molecule has 0 saturated carbocycles. The zero-order valence-electron chi connectivity index (χ0n) is 20.3. The Morgan fingerprint density at radius 1 is 0.941 bits per heavy atom. The molecular formula is C26H34N4O4. The quantitative estimate of drug-likeness (QED) is 0.717. The van der Waals surface area contributed by atoms with Gasteiger partial charge in [-0.25, -0.2) is 4.79 Å². The Kier molecular flexibility index (Phi) is 6.95. The minimum absolute atomic E-state index is 0.00808. The van der Waals surface area contributed by atoms with Crippen molar-refractivity contribution in [3.05, 3.63) is 53.9 Å². The zero-order valence-corrected chi connectivity index (χ0v) is 20.3. The molecule has 2 aromatic rings. The van der Waals surface area contributed by atoms with Crippen LogP contribution in [0.1, 0.15) is 73.3 Å². The number of hydrogen-bond acceptors (Lipinski definition) is 4. The van der Waals surface area contributed by atoms with Crippen LogP contribution >= 0.6 is 0 Å². The summed E-state index contributed by atoms with van der Waals surface area (Å²) < 4.78 is 7.47. The van der Waals surface area contributed by atoms with E-state index in [0.717, 1.165) is 38.8 Å². The summed E-state index contributed by atoms with van der Waals surface area (Å²) in [6, 6.07) is 10.9. The number of aromatic nitrogens is 1. The number of nitrogens with one attached hydrogen (secondary N) is 1. The number of piperidine rings is 1. The molecule has 8 heteroatoms. The van der Waals surface area contributed by atoms with Gasteiger partial charge in [-0.05, 0) is 76.8 Å². The number of nitrogens with zero attached hydrogens (tertiary/aromatic N) is 3. The van der Waals surface area contributed by atoms with Crippen molar-refractivity contribution in [2.75, 3.05) is 31.5 Å². The van der Waals surface area contributed by atoms with E-state index in [1.165, 1.54) is 0 Å². The molecule has 3 amide bonds. The summed E-state index contributed by atoms with van der Waals surface area (Å²) in [6.07, 6.45) is 5.18. The van der Waals surface area contributed by atoms with E-state index < -0.39 is 5.60 Å². The molecule has 3 heterocycles. The summed E-state index contributed by atoms with van der Waals surface area (Å²) in [5.41, 5.74) is 1.23. The number of carbonyl (C=O) groups is 3. The van der Waals surface area contributed by atoms with Gasteiger partial charge in [-0.3, -0.25) is 9.59 Å². The van der Waals surface area contributed by atoms with Gasteiger partial charge in [0.2, 0.25) is 0 Å². The Bertz CT molecular complexity index is 1040. The number of carbonyl (C=O) groups excluding carboxylic acids is 3. The molecule has 2 saturated heterocycles. The zero-order chi connectivity index (χ0) is 24.3. The minimum Gasteiger partial charge on any atom is -0.444 e. The molecule has 2 fully saturated rings. The van der Waals surface area contributed by atoms with Gasteiger partial charge in [0.15, 0.2) is 0 Å². The van der Waals surface area contributed by atoms with Crippen LogP contribution in [0.5, 0.6) is 0 Å². The Morgan fingerprint density at radius 2 is 1.65 bits per heavy atom. The Labute approximate surface area is 200 Å². The molecule has 34 heavy (non-hydrogen) atoms. The highest BCUT2D eigenvalue weighted by Gasteiger charge is 2.29. The molecular weight excluding hydrogens is 432 g/mol. The fourth-order valence-corrected chi connectivity index (χ4v) is 4.59. The molecule has 182 valence electrons. The fourth-order valence-electron chi connectivity index (χ4n) is 4.59. The van der Waals surface area contributed by atoms with E-state index in [-0.39, 0.29) is 23.9 Å². The van der Waals surface area contributed by atoms with Gasteiger partial charge < -0.3 is 24.4 Å². The first-order chi connectivity index (χ1) is 16.2. The molecule has 0 bridgehead atoms. The van der Waals surface area contributed by atoms with Crippen molar-refractivity contribution in [3.8, 4) is 0 Å². The van der Waals surface area contributed by atoms with E-state index in [1.54, 1.807) is 35.2 Å². The van der Waals surface area contributed by atoms with Crippen molar-refractivity contribution in [1.82, 2.24) is 14.4 Å². The van der Waals surface area contributed by atoms with E-state index in [9.17, 15) is 14.4 Å². The molecule has 1 aromatic heterocycles. The largest absolute Gasteiger partial charge is 0.444 e. The van der Waals surface area contributed by atoms with Crippen molar-refractivity contribution in [2.45, 2.75) is 58.1 Å². The smallest absolute Gasteiger partial charge is 0.410 e. The third-order valence-electron chi connectivity index (χ3n) is 6.28. The number of ether oxygens (including phenoxy) is 1. The topological polar surface area (TPSA) is 83.9 Å². The van der Waals surface area contributed by atoms with E-state index >= 15 is 0 Å². The van der Waals surface area contributed by atoms with Crippen molar-refractivity contribution in [3.63, 3.8) is 0 Å². The normalized spacial score (nSPS) is 17.0. The first-order valence-electron chi connectivity index (χ1n) is 12.1. The lowest BCUT2D eigenvalue weighted by atomic mass is 10.0. The first-order valence-corrected chi connectivity index (χ1v) is 12.1. The minimum atomic E-state index is -0.518. The number of benzene rings is 1. The molecule has 0 atom stereocenters. The molecule has 0 spiro atoms. The van der Waals surface area contributed by atoms with E-state index in [4.69, 9.17) is 4.74 Å². The predicted molar refractivity (Wildman–Crippen MR) is 130 cm³/mol. The molecule has 2 aliphatic rings. The van der Waals surface area contributed by atoms with Crippen LogP contribution in [0.25, 0.3) is 0 Å². The number of hydrogen-bond donors (Lipinski definition) is 1. The Balaban J connectivity index is 1.38.